The average Bonchev–Trinajstić information content (AvgIpc) is 2.97. The molecule has 2 rings (SSSR count). The van der Waals surface area contributed by atoms with Crippen LogP contribution in [0, 0.1) is 0 Å². The van der Waals surface area contributed by atoms with Gasteiger partial charge in [-0.15, -0.1) is 0 Å². The van der Waals surface area contributed by atoms with Crippen molar-refractivity contribution in [2.75, 3.05) is 0 Å². The van der Waals surface area contributed by atoms with Crippen molar-refractivity contribution in [3.05, 3.63) is 30.4 Å². The number of rotatable bonds is 3. The summed E-state index contributed by atoms with van der Waals surface area (Å²) in [6.45, 7) is -0.218. The largest absolute Gasteiger partial charge is 0.542 e. The van der Waals surface area contributed by atoms with E-state index in [1.54, 1.807) is 0 Å². The second kappa shape index (κ2) is 8.07. The molecule has 14 heteroatoms. The van der Waals surface area contributed by atoms with E-state index in [9.17, 15) is 31.1 Å². The number of hydrogen-bond acceptors (Lipinski definition) is 6. The van der Waals surface area contributed by atoms with Crippen molar-refractivity contribution in [1.29, 1.82) is 0 Å². The average molecular weight is 403 g/mol. The number of alkyl halides is 6. The normalized spacial score (nSPS) is 11.5. The molecule has 0 saturated heterocycles. The van der Waals surface area contributed by atoms with Crippen molar-refractivity contribution < 1.29 is 50.7 Å². The Bertz CT molecular complexity index is 773. The van der Waals surface area contributed by atoms with Crippen molar-refractivity contribution in [3.8, 4) is 10.6 Å². The van der Waals surface area contributed by atoms with Gasteiger partial charge in [-0.25, -0.2) is 9.78 Å². The Hall–Kier alpha value is -2.77. The van der Waals surface area contributed by atoms with Crippen molar-refractivity contribution in [1.82, 2.24) is 9.36 Å². The number of aromatic nitrogens is 3. The molecule has 26 heavy (non-hydrogen) atoms. The molecule has 1 N–H and O–H groups in total. The van der Waals surface area contributed by atoms with Crippen LogP contribution < -0.4 is 9.67 Å². The van der Waals surface area contributed by atoms with Gasteiger partial charge in [0.05, 0.1) is 0 Å². The predicted molar refractivity (Wildman–Crippen MR) is 69.2 cm³/mol. The van der Waals surface area contributed by atoms with E-state index in [1.807, 2.05) is 0 Å². The summed E-state index contributed by atoms with van der Waals surface area (Å²) in [4.78, 5) is 22.7. The molecule has 2 aromatic rings. The van der Waals surface area contributed by atoms with Crippen LogP contribution in [0.1, 0.15) is 5.82 Å². The Morgan fingerprint density at radius 3 is 2.00 bits per heavy atom. The van der Waals surface area contributed by atoms with Crippen molar-refractivity contribution in [2.45, 2.75) is 18.9 Å². The van der Waals surface area contributed by atoms with Gasteiger partial charge in [0.1, 0.15) is 11.0 Å². The van der Waals surface area contributed by atoms with E-state index in [1.165, 1.54) is 29.1 Å². The molecule has 0 aliphatic rings. The second-order valence-electron chi connectivity index (χ2n) is 4.36. The lowest BCUT2D eigenvalue weighted by Crippen LogP contribution is -2.37. The first-order valence-corrected chi connectivity index (χ1v) is 6.98. The van der Waals surface area contributed by atoms with Gasteiger partial charge in [-0.2, -0.15) is 35.3 Å². The van der Waals surface area contributed by atoms with E-state index in [2.05, 4.69) is 9.36 Å². The van der Waals surface area contributed by atoms with E-state index in [0.29, 0.717) is 17.1 Å². The zero-order valence-electron chi connectivity index (χ0n) is 12.2. The Morgan fingerprint density at radius 2 is 1.65 bits per heavy atom. The highest BCUT2D eigenvalue weighted by Crippen LogP contribution is 2.30. The third kappa shape index (κ3) is 6.62. The van der Waals surface area contributed by atoms with Crippen LogP contribution in [-0.4, -0.2) is 32.6 Å². The Morgan fingerprint density at radius 1 is 1.15 bits per heavy atom. The highest BCUT2D eigenvalue weighted by molar-refractivity contribution is 7.09. The van der Waals surface area contributed by atoms with E-state index >= 15 is 0 Å². The maximum Gasteiger partial charge on any atom is 0.452 e. The maximum absolute atomic E-state index is 12.3. The SMILES string of the molecule is O=C(O)C[n+]1ccc(-c2nc(C(F)(F)F)ns2)cc1.O=C([O-])C(F)(F)F. The monoisotopic (exact) mass is 403 g/mol. The van der Waals surface area contributed by atoms with Crippen LogP contribution in [0.25, 0.3) is 10.6 Å². The second-order valence-corrected chi connectivity index (χ2v) is 5.11. The fourth-order valence-corrected chi connectivity index (χ4v) is 2.00. The molecule has 0 aliphatic heterocycles. The molecule has 0 unspecified atom stereocenters. The number of pyridine rings is 1. The van der Waals surface area contributed by atoms with Gasteiger partial charge in [0.15, 0.2) is 12.4 Å². The Kier molecular flexibility index (Phi) is 6.60. The summed E-state index contributed by atoms with van der Waals surface area (Å²) in [6, 6.07) is 2.98. The van der Waals surface area contributed by atoms with Gasteiger partial charge in [-0.3, -0.25) is 0 Å². The number of nitrogens with zero attached hydrogens (tertiary/aromatic N) is 3. The number of carboxylic acids is 2. The van der Waals surface area contributed by atoms with Crippen LogP contribution in [0.3, 0.4) is 0 Å². The minimum absolute atomic E-state index is 0.134. The third-order valence-corrected chi connectivity index (χ3v) is 3.13. The molecule has 7 nitrogen and oxygen atoms in total. The van der Waals surface area contributed by atoms with Gasteiger partial charge >= 0.3 is 18.3 Å². The molecule has 2 aromatic heterocycles. The predicted octanol–water partition coefficient (Wildman–Crippen LogP) is 0.895. The molecule has 0 radical (unpaired) electrons. The van der Waals surface area contributed by atoms with Crippen LogP contribution in [0.4, 0.5) is 26.3 Å². The molecular weight excluding hydrogens is 396 g/mol. The number of carboxylic acid groups (broad SMARTS) is 2. The molecule has 0 saturated carbocycles. The van der Waals surface area contributed by atoms with Crippen LogP contribution >= 0.6 is 11.5 Å². The molecular formula is C12H7F6N3O4S. The van der Waals surface area contributed by atoms with Crippen LogP contribution in [0.5, 0.6) is 0 Å². The topological polar surface area (TPSA) is 107 Å². The first-order chi connectivity index (χ1) is 11.8. The van der Waals surface area contributed by atoms with Gasteiger partial charge < -0.3 is 15.0 Å². The smallest absolute Gasteiger partial charge is 0.452 e. The molecule has 0 aliphatic carbocycles. The molecule has 142 valence electrons. The van der Waals surface area contributed by atoms with Gasteiger partial charge in [0.25, 0.3) is 0 Å². The number of carbonyl (C=O) groups is 2. The lowest BCUT2D eigenvalue weighted by atomic mass is 10.3. The molecule has 0 atom stereocenters. The Balaban J connectivity index is 0.000000412. The fourth-order valence-electron chi connectivity index (χ4n) is 1.32. The lowest BCUT2D eigenvalue weighted by Gasteiger charge is -2.03. The van der Waals surface area contributed by atoms with Crippen LogP contribution in [0.2, 0.25) is 0 Å². The number of carbonyl (C=O) groups excluding carboxylic acids is 1. The minimum atomic E-state index is -5.19. The maximum atomic E-state index is 12.3. The van der Waals surface area contributed by atoms with Crippen LogP contribution in [-0.2, 0) is 22.3 Å². The summed E-state index contributed by atoms with van der Waals surface area (Å²) in [5.74, 6) is -5.18. The Labute approximate surface area is 144 Å². The third-order valence-electron chi connectivity index (χ3n) is 2.37. The highest BCUT2D eigenvalue weighted by Gasteiger charge is 2.36. The zero-order chi connectivity index (χ0) is 20.1. The van der Waals surface area contributed by atoms with Crippen LogP contribution in [0.15, 0.2) is 24.5 Å². The summed E-state index contributed by atoms with van der Waals surface area (Å²) in [5.41, 5.74) is 0.453. The molecule has 0 spiro atoms. The van der Waals surface area contributed by atoms with Gasteiger partial charge in [-0.1, -0.05) is 0 Å². The van der Waals surface area contributed by atoms with Crippen molar-refractivity contribution in [3.63, 3.8) is 0 Å². The standard InChI is InChI=1S/C10H6F3N3O2S.C2HF3O2/c11-10(12,13)9-14-8(19-15-9)6-1-3-16(4-2-6)5-7(17)18;3-2(4,5)1(6)7/h1-4H,5H2;(H,6,7). The molecule has 0 fully saturated rings. The summed E-state index contributed by atoms with van der Waals surface area (Å²) < 4.78 is 73.2. The number of halogens is 6. The highest BCUT2D eigenvalue weighted by atomic mass is 32.1. The minimum Gasteiger partial charge on any atom is -0.542 e. The summed E-state index contributed by atoms with van der Waals surface area (Å²) in [5, 5.41) is 17.5. The zero-order valence-corrected chi connectivity index (χ0v) is 13.0. The van der Waals surface area contributed by atoms with E-state index in [4.69, 9.17) is 15.0 Å². The summed E-state index contributed by atoms with van der Waals surface area (Å²) in [6.07, 6.45) is -6.84. The quantitative estimate of drug-likeness (QED) is 0.603. The van der Waals surface area contributed by atoms with E-state index < -0.39 is 30.1 Å². The summed E-state index contributed by atoms with van der Waals surface area (Å²) in [7, 11) is 0. The molecule has 0 amide bonds. The lowest BCUT2D eigenvalue weighted by molar-refractivity contribution is -0.685. The molecule has 0 bridgehead atoms. The van der Waals surface area contributed by atoms with E-state index in [-0.39, 0.29) is 11.6 Å². The van der Waals surface area contributed by atoms with E-state index in [0.717, 1.165) is 0 Å². The van der Waals surface area contributed by atoms with Gasteiger partial charge in [0, 0.05) is 17.7 Å². The number of hydrogen-bond donors (Lipinski definition) is 1. The fraction of sp³-hybridized carbons (Fsp3) is 0.250. The number of aliphatic carboxylic acids is 2. The van der Waals surface area contributed by atoms with Gasteiger partial charge in [-0.05, 0) is 11.5 Å². The summed E-state index contributed by atoms with van der Waals surface area (Å²) >= 11 is 0.643. The van der Waals surface area contributed by atoms with Gasteiger partial charge in [0.2, 0.25) is 12.4 Å². The molecule has 0 aromatic carbocycles. The van der Waals surface area contributed by atoms with Crippen molar-refractivity contribution in [2.24, 2.45) is 0 Å². The molecule has 2 heterocycles. The van der Waals surface area contributed by atoms with Crippen molar-refractivity contribution >= 4 is 23.5 Å². The first kappa shape index (κ1) is 21.3. The first-order valence-electron chi connectivity index (χ1n) is 6.21.